The molecule has 4 aliphatic rings. The number of aliphatic hydroxyl groups excluding tert-OH is 1. The molecule has 9 nitrogen and oxygen atoms in total. The molecule has 1 aromatic rings. The van der Waals surface area contributed by atoms with E-state index in [1.54, 1.807) is 13.3 Å². The third-order valence-corrected chi connectivity index (χ3v) is 6.76. The smallest absolute Gasteiger partial charge is 0.220 e. The molecule has 1 saturated carbocycles. The Hall–Kier alpha value is -2.65. The van der Waals surface area contributed by atoms with Crippen LogP contribution in [0.4, 0.5) is 5.69 Å². The average Bonchev–Trinajstić information content (AvgIpc) is 3.23. The molecule has 31 heavy (non-hydrogen) atoms. The maximum Gasteiger partial charge on any atom is 0.220 e. The number of hydrazone groups is 1. The fourth-order valence-corrected chi connectivity index (χ4v) is 4.89. The lowest BCUT2D eigenvalue weighted by Gasteiger charge is -2.40. The highest BCUT2D eigenvalue weighted by molar-refractivity contribution is 6.37. The van der Waals surface area contributed by atoms with Gasteiger partial charge in [0.25, 0.3) is 0 Å². The van der Waals surface area contributed by atoms with E-state index in [1.165, 1.54) is 12.8 Å². The van der Waals surface area contributed by atoms with Crippen LogP contribution in [0.15, 0.2) is 39.4 Å². The van der Waals surface area contributed by atoms with Gasteiger partial charge in [0.1, 0.15) is 11.5 Å². The van der Waals surface area contributed by atoms with Gasteiger partial charge in [-0.1, -0.05) is 0 Å². The minimum atomic E-state index is -0.232. The third kappa shape index (κ3) is 4.38. The second kappa shape index (κ2) is 8.84. The van der Waals surface area contributed by atoms with Gasteiger partial charge in [0.05, 0.1) is 25.1 Å². The summed E-state index contributed by atoms with van der Waals surface area (Å²) >= 11 is 0. The second-order valence-electron chi connectivity index (χ2n) is 8.71. The molecule has 0 amide bonds. The molecule has 0 bridgehead atoms. The molecular formula is C22H31N7O2. The molecule has 1 aliphatic carbocycles. The maximum atomic E-state index is 9.74. The van der Waals surface area contributed by atoms with Gasteiger partial charge in [0.2, 0.25) is 5.96 Å². The Balaban J connectivity index is 1.18. The van der Waals surface area contributed by atoms with Crippen molar-refractivity contribution in [3.63, 3.8) is 0 Å². The van der Waals surface area contributed by atoms with Crippen molar-refractivity contribution in [2.75, 3.05) is 25.2 Å². The molecule has 1 saturated heterocycles. The SMILES string of the molecule is COc1ccc(N2NN=C3C=NC(NC4CCC(N5CCC(O)CC5)CC4)=NC32)cc1. The number of aliphatic imine (C=N–C) groups is 2. The molecule has 3 N–H and O–H groups in total. The predicted molar refractivity (Wildman–Crippen MR) is 122 cm³/mol. The minimum absolute atomic E-state index is 0.104. The van der Waals surface area contributed by atoms with Crippen LogP contribution in [0.2, 0.25) is 0 Å². The summed E-state index contributed by atoms with van der Waals surface area (Å²) in [4.78, 5) is 11.9. The lowest BCUT2D eigenvalue weighted by Crippen LogP contribution is -2.48. The lowest BCUT2D eigenvalue weighted by molar-refractivity contribution is 0.0482. The van der Waals surface area contributed by atoms with Gasteiger partial charge in [0, 0.05) is 25.2 Å². The van der Waals surface area contributed by atoms with Crippen molar-refractivity contribution in [2.45, 2.75) is 62.9 Å². The zero-order valence-electron chi connectivity index (χ0n) is 17.9. The molecule has 1 aromatic carbocycles. The van der Waals surface area contributed by atoms with Gasteiger partial charge >= 0.3 is 0 Å². The number of hydrazine groups is 1. The summed E-state index contributed by atoms with van der Waals surface area (Å²) in [5.74, 6) is 1.49. The molecule has 1 unspecified atom stereocenters. The van der Waals surface area contributed by atoms with E-state index < -0.39 is 0 Å². The van der Waals surface area contributed by atoms with E-state index in [9.17, 15) is 5.11 Å². The number of ether oxygens (including phenoxy) is 1. The summed E-state index contributed by atoms with van der Waals surface area (Å²) < 4.78 is 5.25. The summed E-state index contributed by atoms with van der Waals surface area (Å²) in [6.07, 6.45) is 7.87. The number of piperidine rings is 1. The molecule has 2 fully saturated rings. The van der Waals surface area contributed by atoms with Crippen LogP contribution in [-0.2, 0) is 0 Å². The number of aliphatic hydroxyl groups is 1. The van der Waals surface area contributed by atoms with Gasteiger partial charge in [-0.05, 0) is 62.8 Å². The molecule has 0 spiro atoms. The normalized spacial score (nSPS) is 29.1. The van der Waals surface area contributed by atoms with E-state index in [1.807, 2.05) is 29.3 Å². The first kappa shape index (κ1) is 20.3. The summed E-state index contributed by atoms with van der Waals surface area (Å²) in [5.41, 5.74) is 4.82. The molecular weight excluding hydrogens is 394 g/mol. The highest BCUT2D eigenvalue weighted by Gasteiger charge is 2.33. The monoisotopic (exact) mass is 425 g/mol. The molecule has 9 heteroatoms. The summed E-state index contributed by atoms with van der Waals surface area (Å²) in [6.45, 7) is 2.05. The number of rotatable bonds is 4. The van der Waals surface area contributed by atoms with Crippen LogP contribution in [0.3, 0.4) is 0 Å². The van der Waals surface area contributed by atoms with E-state index in [4.69, 9.17) is 9.73 Å². The van der Waals surface area contributed by atoms with Crippen LogP contribution in [0.5, 0.6) is 5.75 Å². The number of methoxy groups -OCH3 is 1. The average molecular weight is 426 g/mol. The van der Waals surface area contributed by atoms with E-state index in [-0.39, 0.29) is 12.3 Å². The lowest BCUT2D eigenvalue weighted by atomic mass is 9.89. The van der Waals surface area contributed by atoms with Crippen molar-refractivity contribution in [3.8, 4) is 5.75 Å². The van der Waals surface area contributed by atoms with Crippen LogP contribution >= 0.6 is 0 Å². The van der Waals surface area contributed by atoms with E-state index in [0.29, 0.717) is 18.0 Å². The molecule has 0 aromatic heterocycles. The second-order valence-corrected chi connectivity index (χ2v) is 8.71. The Kier molecular flexibility index (Phi) is 5.78. The molecule has 1 atom stereocenters. The third-order valence-electron chi connectivity index (χ3n) is 6.76. The molecule has 5 rings (SSSR count). The Morgan fingerprint density at radius 3 is 2.52 bits per heavy atom. The molecule has 3 heterocycles. The van der Waals surface area contributed by atoms with Crippen LogP contribution in [0, 0.1) is 0 Å². The largest absolute Gasteiger partial charge is 0.497 e. The Morgan fingerprint density at radius 1 is 1.06 bits per heavy atom. The Bertz CT molecular complexity index is 853. The number of nitrogens with zero attached hydrogens (tertiary/aromatic N) is 5. The first-order valence-electron chi connectivity index (χ1n) is 11.3. The number of anilines is 1. The van der Waals surface area contributed by atoms with Crippen molar-refractivity contribution in [2.24, 2.45) is 15.1 Å². The zero-order valence-corrected chi connectivity index (χ0v) is 17.9. The van der Waals surface area contributed by atoms with E-state index >= 15 is 0 Å². The van der Waals surface area contributed by atoms with E-state index in [2.05, 4.69) is 25.8 Å². The van der Waals surface area contributed by atoms with Gasteiger partial charge in [-0.2, -0.15) is 5.10 Å². The molecule has 3 aliphatic heterocycles. The van der Waals surface area contributed by atoms with Gasteiger partial charge in [-0.3, -0.25) is 0 Å². The number of hydrogen-bond acceptors (Lipinski definition) is 9. The molecule has 166 valence electrons. The number of nitrogens with one attached hydrogen (secondary N) is 2. The zero-order chi connectivity index (χ0) is 21.2. The highest BCUT2D eigenvalue weighted by atomic mass is 16.5. The van der Waals surface area contributed by atoms with Gasteiger partial charge in [0.15, 0.2) is 6.17 Å². The standard InChI is InChI=1S/C22H31N7O2/c1-31-19-8-6-17(7-9-19)29-21-20(26-27-29)14-23-22(25-21)24-15-2-4-16(5-3-15)28-12-10-18(30)11-13-28/h6-9,14-16,18,21,27,30H,2-5,10-13H2,1H3,(H,24,25). The number of hydrogen-bond donors (Lipinski definition) is 3. The fraction of sp³-hybridized carbons (Fsp3) is 0.591. The number of likely N-dealkylation sites (tertiary alicyclic amines) is 1. The van der Waals surface area contributed by atoms with E-state index in [0.717, 1.165) is 55.9 Å². The number of guanidine groups is 1. The van der Waals surface area contributed by atoms with Crippen molar-refractivity contribution >= 4 is 23.6 Å². The first-order valence-corrected chi connectivity index (χ1v) is 11.3. The summed E-state index contributed by atoms with van der Waals surface area (Å²) in [5, 5.41) is 19.6. The number of fused-ring (bicyclic) bond motifs is 1. The number of benzene rings is 1. The van der Waals surface area contributed by atoms with Crippen LogP contribution in [0.1, 0.15) is 38.5 Å². The Labute approximate surface area is 182 Å². The van der Waals surface area contributed by atoms with Gasteiger partial charge < -0.3 is 20.1 Å². The molecule has 0 radical (unpaired) electrons. The van der Waals surface area contributed by atoms with Gasteiger partial charge in [-0.15, -0.1) is 0 Å². The summed E-state index contributed by atoms with van der Waals surface area (Å²) in [6, 6.07) is 8.86. The fourth-order valence-electron chi connectivity index (χ4n) is 4.89. The first-order chi connectivity index (χ1) is 15.2. The minimum Gasteiger partial charge on any atom is -0.497 e. The van der Waals surface area contributed by atoms with Crippen molar-refractivity contribution in [1.29, 1.82) is 0 Å². The quantitative estimate of drug-likeness (QED) is 0.677. The van der Waals surface area contributed by atoms with Crippen LogP contribution < -0.4 is 20.6 Å². The summed E-state index contributed by atoms with van der Waals surface area (Å²) in [7, 11) is 1.66. The van der Waals surface area contributed by atoms with Crippen molar-refractivity contribution in [3.05, 3.63) is 24.3 Å². The van der Waals surface area contributed by atoms with Crippen molar-refractivity contribution in [1.82, 2.24) is 15.8 Å². The van der Waals surface area contributed by atoms with Crippen LogP contribution in [0.25, 0.3) is 0 Å². The maximum absolute atomic E-state index is 9.74. The topological polar surface area (TPSA) is 97.1 Å². The highest BCUT2D eigenvalue weighted by Crippen LogP contribution is 2.27. The predicted octanol–water partition coefficient (Wildman–Crippen LogP) is 1.50. The van der Waals surface area contributed by atoms with Gasteiger partial charge in [-0.25, -0.2) is 20.5 Å². The van der Waals surface area contributed by atoms with Crippen LogP contribution in [-0.4, -0.2) is 72.4 Å². The van der Waals surface area contributed by atoms with Crippen molar-refractivity contribution < 1.29 is 9.84 Å². The Morgan fingerprint density at radius 2 is 1.81 bits per heavy atom.